The largest absolute Gasteiger partial charge is 0.370 e. The highest BCUT2D eigenvalue weighted by Gasteiger charge is 2.30. The Morgan fingerprint density at radius 1 is 1.19 bits per heavy atom. The number of hydrogen-bond acceptors (Lipinski definition) is 4. The molecule has 2 rings (SSSR count). The van der Waals surface area contributed by atoms with E-state index in [4.69, 9.17) is 0 Å². The number of Topliss-reactive ketones (excluding diaryl/α,β-unsaturated/α-hetero) is 1. The molecule has 1 aliphatic rings. The van der Waals surface area contributed by atoms with Gasteiger partial charge >= 0.3 is 0 Å². The summed E-state index contributed by atoms with van der Waals surface area (Å²) in [7, 11) is -3.15. The van der Waals surface area contributed by atoms with Crippen molar-refractivity contribution in [3.8, 4) is 0 Å². The molecule has 0 amide bonds. The number of carbonyl (C=O) groups excluding carboxylic acids is 1. The van der Waals surface area contributed by atoms with Gasteiger partial charge in [0.25, 0.3) is 0 Å². The number of carbonyl (C=O) groups is 1. The van der Waals surface area contributed by atoms with Crippen LogP contribution in [0.2, 0.25) is 0 Å². The molecular weight excluding hydrogens is 286 g/mol. The first-order chi connectivity index (χ1) is 9.72. The average molecular weight is 309 g/mol. The van der Waals surface area contributed by atoms with Gasteiger partial charge in [0, 0.05) is 30.8 Å². The summed E-state index contributed by atoms with van der Waals surface area (Å²) in [5.41, 5.74) is 1.58. The molecule has 21 heavy (non-hydrogen) atoms. The number of anilines is 1. The predicted molar refractivity (Wildman–Crippen MR) is 85.8 cm³/mol. The van der Waals surface area contributed by atoms with E-state index < -0.39 is 14.6 Å². The predicted octanol–water partition coefficient (Wildman–Crippen LogP) is 2.68. The number of fused-ring (bicyclic) bond motifs is 1. The van der Waals surface area contributed by atoms with Crippen molar-refractivity contribution in [2.75, 3.05) is 23.7 Å². The Hall–Kier alpha value is -1.36. The molecule has 1 heterocycles. The topological polar surface area (TPSA) is 54.5 Å². The molecule has 0 unspecified atom stereocenters. The molecule has 1 aliphatic heterocycles. The average Bonchev–Trinajstić information content (AvgIpc) is 2.56. The first-order valence-electron chi connectivity index (χ1n) is 7.32. The second-order valence-corrected chi connectivity index (χ2v) is 9.32. The SMILES string of the molecule is CC(C)(C)S(=O)(=O)CCN1CCCC(=O)c2ccccc21. The molecule has 0 aromatic heterocycles. The third kappa shape index (κ3) is 3.46. The summed E-state index contributed by atoms with van der Waals surface area (Å²) in [6, 6.07) is 7.48. The van der Waals surface area contributed by atoms with Crippen LogP contribution < -0.4 is 4.90 Å². The highest BCUT2D eigenvalue weighted by Crippen LogP contribution is 2.26. The van der Waals surface area contributed by atoms with Crippen molar-refractivity contribution < 1.29 is 13.2 Å². The number of hydrogen-bond donors (Lipinski definition) is 0. The number of para-hydroxylation sites is 1. The fraction of sp³-hybridized carbons (Fsp3) is 0.562. The zero-order valence-corrected chi connectivity index (χ0v) is 13.7. The molecule has 5 heteroatoms. The zero-order valence-electron chi connectivity index (χ0n) is 12.9. The van der Waals surface area contributed by atoms with Crippen LogP contribution in [-0.4, -0.2) is 37.8 Å². The van der Waals surface area contributed by atoms with Gasteiger partial charge in [-0.3, -0.25) is 4.79 Å². The summed E-state index contributed by atoms with van der Waals surface area (Å²) in [5.74, 6) is 0.255. The maximum absolute atomic E-state index is 12.3. The molecule has 0 saturated carbocycles. The lowest BCUT2D eigenvalue weighted by molar-refractivity contribution is 0.0984. The fourth-order valence-corrected chi connectivity index (χ4v) is 3.51. The summed E-state index contributed by atoms with van der Waals surface area (Å²) in [6.45, 7) is 6.33. The van der Waals surface area contributed by atoms with E-state index >= 15 is 0 Å². The van der Waals surface area contributed by atoms with Crippen molar-refractivity contribution in [3.05, 3.63) is 29.8 Å². The summed E-state index contributed by atoms with van der Waals surface area (Å²) < 4.78 is 23.8. The summed E-state index contributed by atoms with van der Waals surface area (Å²) >= 11 is 0. The Balaban J connectivity index is 2.22. The first kappa shape index (κ1) is 16.0. The van der Waals surface area contributed by atoms with Crippen LogP contribution in [0.3, 0.4) is 0 Å². The summed E-state index contributed by atoms with van der Waals surface area (Å²) in [5, 5.41) is 0. The van der Waals surface area contributed by atoms with Crippen molar-refractivity contribution in [2.45, 2.75) is 38.4 Å². The van der Waals surface area contributed by atoms with Crippen molar-refractivity contribution in [1.82, 2.24) is 0 Å². The van der Waals surface area contributed by atoms with Gasteiger partial charge in [-0.15, -0.1) is 0 Å². The second kappa shape index (κ2) is 5.79. The molecule has 0 spiro atoms. The van der Waals surface area contributed by atoms with Gasteiger partial charge in [-0.1, -0.05) is 12.1 Å². The molecule has 1 aromatic carbocycles. The molecule has 1 aromatic rings. The minimum Gasteiger partial charge on any atom is -0.370 e. The number of nitrogens with zero attached hydrogens (tertiary/aromatic N) is 1. The van der Waals surface area contributed by atoms with Gasteiger partial charge in [-0.05, 0) is 39.3 Å². The lowest BCUT2D eigenvalue weighted by atomic mass is 10.1. The molecule has 116 valence electrons. The van der Waals surface area contributed by atoms with E-state index in [2.05, 4.69) is 0 Å². The minimum absolute atomic E-state index is 0.110. The standard InChI is InChI=1S/C16H23NO3S/c1-16(2,3)21(19,20)12-11-17-10-6-9-15(18)13-7-4-5-8-14(13)17/h4-5,7-8H,6,9-12H2,1-3H3. The quantitative estimate of drug-likeness (QED) is 0.861. The third-order valence-electron chi connectivity index (χ3n) is 3.94. The number of sulfone groups is 1. The monoisotopic (exact) mass is 309 g/mol. The Morgan fingerprint density at radius 2 is 1.86 bits per heavy atom. The van der Waals surface area contributed by atoms with Gasteiger partial charge < -0.3 is 4.90 Å². The highest BCUT2D eigenvalue weighted by atomic mass is 32.2. The van der Waals surface area contributed by atoms with E-state index in [9.17, 15) is 13.2 Å². The van der Waals surface area contributed by atoms with Crippen molar-refractivity contribution in [3.63, 3.8) is 0 Å². The van der Waals surface area contributed by atoms with E-state index in [1.165, 1.54) is 0 Å². The molecule has 0 radical (unpaired) electrons. The van der Waals surface area contributed by atoms with E-state index in [0.29, 0.717) is 18.5 Å². The van der Waals surface area contributed by atoms with Crippen LogP contribution in [-0.2, 0) is 9.84 Å². The molecular formula is C16H23NO3S. The zero-order chi connectivity index (χ0) is 15.7. The lowest BCUT2D eigenvalue weighted by Crippen LogP contribution is -2.37. The van der Waals surface area contributed by atoms with E-state index in [1.54, 1.807) is 20.8 Å². The van der Waals surface area contributed by atoms with Crippen molar-refractivity contribution in [2.24, 2.45) is 0 Å². The van der Waals surface area contributed by atoms with Gasteiger partial charge in [0.05, 0.1) is 10.5 Å². The van der Waals surface area contributed by atoms with Crippen LogP contribution in [0.15, 0.2) is 24.3 Å². The summed E-state index contributed by atoms with van der Waals surface area (Å²) in [4.78, 5) is 14.1. The Labute approximate surface area is 127 Å². The lowest BCUT2D eigenvalue weighted by Gasteiger charge is -2.26. The van der Waals surface area contributed by atoms with E-state index in [-0.39, 0.29) is 11.5 Å². The van der Waals surface area contributed by atoms with Crippen LogP contribution >= 0.6 is 0 Å². The van der Waals surface area contributed by atoms with Gasteiger partial charge in [0.2, 0.25) is 0 Å². The summed E-state index contributed by atoms with van der Waals surface area (Å²) in [6.07, 6.45) is 1.29. The highest BCUT2D eigenvalue weighted by molar-refractivity contribution is 7.92. The van der Waals surface area contributed by atoms with Crippen molar-refractivity contribution in [1.29, 1.82) is 0 Å². The van der Waals surface area contributed by atoms with E-state index in [0.717, 1.165) is 18.7 Å². The Morgan fingerprint density at radius 3 is 2.52 bits per heavy atom. The number of rotatable bonds is 3. The van der Waals surface area contributed by atoms with Crippen molar-refractivity contribution >= 4 is 21.3 Å². The molecule has 4 nitrogen and oxygen atoms in total. The van der Waals surface area contributed by atoms with Gasteiger partial charge in [0.1, 0.15) is 0 Å². The Bertz CT molecular complexity index is 629. The Kier molecular flexibility index (Phi) is 4.42. The molecule has 0 fully saturated rings. The normalized spacial score (nSPS) is 16.5. The third-order valence-corrected chi connectivity index (χ3v) is 6.53. The van der Waals surface area contributed by atoms with E-state index in [1.807, 2.05) is 29.2 Å². The maximum Gasteiger partial charge on any atom is 0.165 e. The maximum atomic E-state index is 12.3. The van der Waals surface area contributed by atoms with Crippen LogP contribution in [0, 0.1) is 0 Å². The fourth-order valence-electron chi connectivity index (χ4n) is 2.44. The molecule has 0 atom stereocenters. The number of ketones is 1. The van der Waals surface area contributed by atoms with Gasteiger partial charge in [-0.2, -0.15) is 0 Å². The second-order valence-electron chi connectivity index (χ2n) is 6.46. The number of benzene rings is 1. The van der Waals surface area contributed by atoms with Crippen LogP contribution in [0.4, 0.5) is 5.69 Å². The van der Waals surface area contributed by atoms with Crippen LogP contribution in [0.25, 0.3) is 0 Å². The van der Waals surface area contributed by atoms with Crippen LogP contribution in [0.5, 0.6) is 0 Å². The minimum atomic E-state index is -3.15. The van der Waals surface area contributed by atoms with Gasteiger partial charge in [0.15, 0.2) is 15.6 Å². The first-order valence-corrected chi connectivity index (χ1v) is 8.97. The molecule has 0 aliphatic carbocycles. The van der Waals surface area contributed by atoms with Gasteiger partial charge in [-0.25, -0.2) is 8.42 Å². The molecule has 0 saturated heterocycles. The molecule has 0 bridgehead atoms. The molecule has 0 N–H and O–H groups in total. The smallest absolute Gasteiger partial charge is 0.165 e. The van der Waals surface area contributed by atoms with Crippen LogP contribution in [0.1, 0.15) is 44.0 Å².